The minimum absolute atomic E-state index is 0.0664. The lowest BCUT2D eigenvalue weighted by Gasteiger charge is -2.24. The van der Waals surface area contributed by atoms with E-state index in [1.54, 1.807) is 5.38 Å². The SMILES string of the molecule is O=C(Nc1nc(-c2cc(F)ccc2F)cs1)C1COc2ccccc2C1. The molecule has 1 aliphatic heterocycles. The Bertz CT molecular complexity index is 974. The molecule has 4 rings (SSSR count). The van der Waals surface area contributed by atoms with Crippen LogP contribution in [0.1, 0.15) is 5.56 Å². The zero-order valence-corrected chi connectivity index (χ0v) is 14.4. The molecule has 0 spiro atoms. The van der Waals surface area contributed by atoms with Crippen LogP contribution in [0.4, 0.5) is 13.9 Å². The van der Waals surface area contributed by atoms with Crippen molar-refractivity contribution in [2.45, 2.75) is 6.42 Å². The van der Waals surface area contributed by atoms with Gasteiger partial charge in [-0.3, -0.25) is 4.79 Å². The number of halogens is 2. The van der Waals surface area contributed by atoms with Gasteiger partial charge in [0.05, 0.1) is 11.6 Å². The minimum Gasteiger partial charge on any atom is -0.492 e. The van der Waals surface area contributed by atoms with Crippen LogP contribution in [-0.4, -0.2) is 17.5 Å². The Kier molecular flexibility index (Phi) is 4.38. The molecule has 0 saturated carbocycles. The van der Waals surface area contributed by atoms with E-state index in [1.165, 1.54) is 0 Å². The molecule has 0 bridgehead atoms. The summed E-state index contributed by atoms with van der Waals surface area (Å²) in [6, 6.07) is 10.8. The van der Waals surface area contributed by atoms with Gasteiger partial charge in [-0.1, -0.05) is 18.2 Å². The van der Waals surface area contributed by atoms with Crippen LogP contribution in [0.15, 0.2) is 47.8 Å². The van der Waals surface area contributed by atoms with E-state index in [-0.39, 0.29) is 23.1 Å². The van der Waals surface area contributed by atoms with Crippen molar-refractivity contribution in [2.24, 2.45) is 5.92 Å². The quantitative estimate of drug-likeness (QED) is 0.747. The zero-order chi connectivity index (χ0) is 18.1. The van der Waals surface area contributed by atoms with Crippen molar-refractivity contribution < 1.29 is 18.3 Å². The molecule has 1 unspecified atom stereocenters. The molecule has 0 saturated heterocycles. The molecule has 2 heterocycles. The fourth-order valence-corrected chi connectivity index (χ4v) is 3.57. The number of benzene rings is 2. The van der Waals surface area contributed by atoms with Crippen molar-refractivity contribution in [1.29, 1.82) is 0 Å². The molecule has 1 amide bonds. The summed E-state index contributed by atoms with van der Waals surface area (Å²) in [5, 5.41) is 4.66. The average Bonchev–Trinajstić information content (AvgIpc) is 3.11. The van der Waals surface area contributed by atoms with Gasteiger partial charge in [0.2, 0.25) is 5.91 Å². The molecule has 1 aromatic heterocycles. The first-order valence-electron chi connectivity index (χ1n) is 8.02. The van der Waals surface area contributed by atoms with Crippen molar-refractivity contribution in [3.05, 3.63) is 65.0 Å². The van der Waals surface area contributed by atoms with Crippen LogP contribution in [0.2, 0.25) is 0 Å². The highest BCUT2D eigenvalue weighted by Crippen LogP contribution is 2.30. The van der Waals surface area contributed by atoms with Gasteiger partial charge >= 0.3 is 0 Å². The molecule has 0 fully saturated rings. The molecule has 0 radical (unpaired) electrons. The lowest BCUT2D eigenvalue weighted by atomic mass is 9.96. The van der Waals surface area contributed by atoms with Gasteiger partial charge in [-0.05, 0) is 36.2 Å². The molecule has 2 aromatic carbocycles. The molecule has 4 nitrogen and oxygen atoms in total. The van der Waals surface area contributed by atoms with E-state index in [0.717, 1.165) is 40.8 Å². The lowest BCUT2D eigenvalue weighted by Crippen LogP contribution is -2.32. The number of para-hydroxylation sites is 1. The number of amides is 1. The number of fused-ring (bicyclic) bond motifs is 1. The van der Waals surface area contributed by atoms with Crippen LogP contribution < -0.4 is 10.1 Å². The van der Waals surface area contributed by atoms with Gasteiger partial charge < -0.3 is 10.1 Å². The van der Waals surface area contributed by atoms with E-state index in [9.17, 15) is 13.6 Å². The predicted molar refractivity (Wildman–Crippen MR) is 95.2 cm³/mol. The summed E-state index contributed by atoms with van der Waals surface area (Å²) >= 11 is 1.16. The molecule has 7 heteroatoms. The Morgan fingerprint density at radius 2 is 2.08 bits per heavy atom. The average molecular weight is 372 g/mol. The minimum atomic E-state index is -0.563. The predicted octanol–water partition coefficient (Wildman–Crippen LogP) is 4.28. The second-order valence-electron chi connectivity index (χ2n) is 5.97. The smallest absolute Gasteiger partial charge is 0.233 e. The van der Waals surface area contributed by atoms with Crippen LogP contribution in [-0.2, 0) is 11.2 Å². The maximum Gasteiger partial charge on any atom is 0.233 e. The molecule has 132 valence electrons. The molecule has 1 N–H and O–H groups in total. The van der Waals surface area contributed by atoms with Crippen LogP contribution in [0.3, 0.4) is 0 Å². The number of thiazole rings is 1. The number of carbonyl (C=O) groups excluding carboxylic acids is 1. The largest absolute Gasteiger partial charge is 0.492 e. The van der Waals surface area contributed by atoms with Crippen LogP contribution in [0.5, 0.6) is 5.75 Å². The lowest BCUT2D eigenvalue weighted by molar-refractivity contribution is -0.121. The Morgan fingerprint density at radius 3 is 2.96 bits per heavy atom. The highest BCUT2D eigenvalue weighted by Gasteiger charge is 2.26. The monoisotopic (exact) mass is 372 g/mol. The maximum atomic E-state index is 13.9. The van der Waals surface area contributed by atoms with Gasteiger partial charge in [-0.15, -0.1) is 11.3 Å². The third kappa shape index (κ3) is 3.30. The molecular formula is C19H14F2N2O2S. The number of nitrogens with zero attached hydrogens (tertiary/aromatic N) is 1. The third-order valence-corrected chi connectivity index (χ3v) is 4.95. The molecule has 3 aromatic rings. The van der Waals surface area contributed by atoms with Crippen molar-refractivity contribution in [3.63, 3.8) is 0 Å². The number of rotatable bonds is 3. The highest BCUT2D eigenvalue weighted by atomic mass is 32.1. The first kappa shape index (κ1) is 16.7. The topological polar surface area (TPSA) is 51.2 Å². The van der Waals surface area contributed by atoms with E-state index in [4.69, 9.17) is 4.74 Å². The first-order valence-corrected chi connectivity index (χ1v) is 8.90. The van der Waals surface area contributed by atoms with Gasteiger partial charge in [0, 0.05) is 10.9 Å². The maximum absolute atomic E-state index is 13.9. The molecule has 0 aliphatic carbocycles. The van der Waals surface area contributed by atoms with Crippen molar-refractivity contribution in [2.75, 3.05) is 11.9 Å². The Hall–Kier alpha value is -2.80. The third-order valence-electron chi connectivity index (χ3n) is 4.19. The van der Waals surface area contributed by atoms with E-state index < -0.39 is 11.6 Å². The molecule has 1 atom stereocenters. The number of hydrogen-bond donors (Lipinski definition) is 1. The summed E-state index contributed by atoms with van der Waals surface area (Å²) in [4.78, 5) is 16.7. The fourth-order valence-electron chi connectivity index (χ4n) is 2.85. The van der Waals surface area contributed by atoms with Crippen molar-refractivity contribution in [1.82, 2.24) is 4.98 Å². The number of carbonyl (C=O) groups is 1. The summed E-state index contributed by atoms with van der Waals surface area (Å²) in [6.07, 6.45) is 0.582. The van der Waals surface area contributed by atoms with Gasteiger partial charge in [0.15, 0.2) is 5.13 Å². The molecule has 26 heavy (non-hydrogen) atoms. The van der Waals surface area contributed by atoms with Crippen LogP contribution in [0.25, 0.3) is 11.3 Å². The summed E-state index contributed by atoms with van der Waals surface area (Å²) in [5.41, 5.74) is 1.34. The van der Waals surface area contributed by atoms with Crippen LogP contribution in [0, 0.1) is 17.6 Å². The summed E-state index contributed by atoms with van der Waals surface area (Å²) in [6.45, 7) is 0.291. The summed E-state index contributed by atoms with van der Waals surface area (Å²) < 4.78 is 32.8. The first-order chi connectivity index (χ1) is 12.6. The Balaban J connectivity index is 1.48. The second-order valence-corrected chi connectivity index (χ2v) is 6.83. The number of anilines is 1. The summed E-state index contributed by atoms with van der Waals surface area (Å²) in [5.74, 6) is -0.845. The number of ether oxygens (including phenoxy) is 1. The normalized spacial score (nSPS) is 15.8. The second kappa shape index (κ2) is 6.84. The van der Waals surface area contributed by atoms with E-state index >= 15 is 0 Å². The number of hydrogen-bond acceptors (Lipinski definition) is 4. The molecule has 1 aliphatic rings. The van der Waals surface area contributed by atoms with Crippen molar-refractivity contribution >= 4 is 22.4 Å². The van der Waals surface area contributed by atoms with Crippen LogP contribution >= 0.6 is 11.3 Å². The van der Waals surface area contributed by atoms with Gasteiger partial charge in [-0.25, -0.2) is 13.8 Å². The number of aromatic nitrogens is 1. The van der Waals surface area contributed by atoms with Gasteiger partial charge in [-0.2, -0.15) is 0 Å². The zero-order valence-electron chi connectivity index (χ0n) is 13.5. The van der Waals surface area contributed by atoms with E-state index in [0.29, 0.717) is 18.2 Å². The Morgan fingerprint density at radius 1 is 1.23 bits per heavy atom. The fraction of sp³-hybridized carbons (Fsp3) is 0.158. The van der Waals surface area contributed by atoms with E-state index in [2.05, 4.69) is 10.3 Å². The standard InChI is InChI=1S/C19H14F2N2O2S/c20-13-5-6-15(21)14(8-13)16-10-26-19(22-16)23-18(24)12-7-11-3-1-2-4-17(11)25-9-12/h1-6,8,10,12H,7,9H2,(H,22,23,24). The Labute approximate surface area is 152 Å². The van der Waals surface area contributed by atoms with Crippen molar-refractivity contribution in [3.8, 4) is 17.0 Å². The number of nitrogens with one attached hydrogen (secondary N) is 1. The van der Waals surface area contributed by atoms with Gasteiger partial charge in [0.25, 0.3) is 0 Å². The molecular weight excluding hydrogens is 358 g/mol. The van der Waals surface area contributed by atoms with E-state index in [1.807, 2.05) is 24.3 Å². The highest BCUT2D eigenvalue weighted by molar-refractivity contribution is 7.14. The summed E-state index contributed by atoms with van der Waals surface area (Å²) in [7, 11) is 0. The van der Waals surface area contributed by atoms with Gasteiger partial charge in [0.1, 0.15) is 24.0 Å².